The Bertz CT molecular complexity index is 284. The number of nitrogens with zero attached hydrogens (tertiary/aromatic N) is 1. The number of rotatable bonds is 7. The second-order valence-corrected chi connectivity index (χ2v) is 3.91. The molecule has 16 heavy (non-hydrogen) atoms. The molecule has 1 rings (SSSR count). The number of anilines is 1. The molecule has 0 amide bonds. The van der Waals surface area contributed by atoms with E-state index in [9.17, 15) is 4.39 Å². The quantitative estimate of drug-likeness (QED) is 0.722. The smallest absolute Gasteiger partial charge is 0.123 e. The van der Waals surface area contributed by atoms with Crippen LogP contribution in [0.5, 0.6) is 0 Å². The third-order valence-corrected chi connectivity index (χ3v) is 2.71. The fraction of sp³-hybridized carbons (Fsp3) is 0.538. The van der Waals surface area contributed by atoms with Gasteiger partial charge in [0.2, 0.25) is 0 Å². The van der Waals surface area contributed by atoms with Crippen molar-refractivity contribution in [2.45, 2.75) is 26.2 Å². The first kappa shape index (κ1) is 13.0. The van der Waals surface area contributed by atoms with Crippen LogP contribution in [0.4, 0.5) is 10.1 Å². The van der Waals surface area contributed by atoms with E-state index in [1.807, 2.05) is 12.1 Å². The maximum atomic E-state index is 12.8. The van der Waals surface area contributed by atoms with E-state index in [2.05, 4.69) is 11.8 Å². The Balaban J connectivity index is 2.44. The molecule has 2 N–H and O–H groups in total. The standard InChI is InChI=1S/C13H21FN2/c1-2-16(11-5-3-4-10-15)13-8-6-12(14)7-9-13/h6-9H,2-5,10-11,15H2,1H3. The summed E-state index contributed by atoms with van der Waals surface area (Å²) < 4.78 is 12.8. The van der Waals surface area contributed by atoms with Crippen LogP contribution in [0.3, 0.4) is 0 Å². The van der Waals surface area contributed by atoms with Gasteiger partial charge in [-0.25, -0.2) is 4.39 Å². The van der Waals surface area contributed by atoms with Gasteiger partial charge in [-0.1, -0.05) is 6.42 Å². The molecule has 3 heteroatoms. The number of unbranched alkanes of at least 4 members (excludes halogenated alkanes) is 2. The van der Waals surface area contributed by atoms with Crippen molar-refractivity contribution in [1.82, 2.24) is 0 Å². The number of hydrogen-bond donors (Lipinski definition) is 1. The molecule has 0 saturated carbocycles. The minimum absolute atomic E-state index is 0.178. The number of benzene rings is 1. The Morgan fingerprint density at radius 1 is 1.12 bits per heavy atom. The molecule has 0 aliphatic rings. The van der Waals surface area contributed by atoms with E-state index in [4.69, 9.17) is 5.73 Å². The van der Waals surface area contributed by atoms with Gasteiger partial charge in [-0.2, -0.15) is 0 Å². The van der Waals surface area contributed by atoms with Crippen LogP contribution in [0.15, 0.2) is 24.3 Å². The maximum absolute atomic E-state index is 12.8. The van der Waals surface area contributed by atoms with E-state index in [0.717, 1.165) is 44.6 Å². The highest BCUT2D eigenvalue weighted by atomic mass is 19.1. The predicted molar refractivity (Wildman–Crippen MR) is 67.2 cm³/mol. The molecule has 2 nitrogen and oxygen atoms in total. The third-order valence-electron chi connectivity index (χ3n) is 2.71. The van der Waals surface area contributed by atoms with Crippen molar-refractivity contribution in [1.29, 1.82) is 0 Å². The molecule has 90 valence electrons. The molecule has 0 unspecified atom stereocenters. The Kier molecular flexibility index (Phi) is 5.86. The van der Waals surface area contributed by atoms with Crippen LogP contribution in [0.1, 0.15) is 26.2 Å². The average Bonchev–Trinajstić information content (AvgIpc) is 2.31. The van der Waals surface area contributed by atoms with E-state index in [1.54, 1.807) is 0 Å². The summed E-state index contributed by atoms with van der Waals surface area (Å²) >= 11 is 0. The molecule has 0 heterocycles. The lowest BCUT2D eigenvalue weighted by Crippen LogP contribution is -2.23. The summed E-state index contributed by atoms with van der Waals surface area (Å²) in [6.45, 7) is 4.85. The lowest BCUT2D eigenvalue weighted by atomic mass is 10.2. The topological polar surface area (TPSA) is 29.3 Å². The lowest BCUT2D eigenvalue weighted by Gasteiger charge is -2.23. The zero-order valence-electron chi connectivity index (χ0n) is 9.95. The van der Waals surface area contributed by atoms with Crippen LogP contribution >= 0.6 is 0 Å². The second kappa shape index (κ2) is 7.23. The highest BCUT2D eigenvalue weighted by Gasteiger charge is 2.03. The summed E-state index contributed by atoms with van der Waals surface area (Å²) in [7, 11) is 0. The molecule has 0 aliphatic heterocycles. The highest BCUT2D eigenvalue weighted by molar-refractivity contribution is 5.45. The van der Waals surface area contributed by atoms with Gasteiger partial charge in [-0.3, -0.25) is 0 Å². The number of hydrogen-bond acceptors (Lipinski definition) is 2. The number of nitrogens with two attached hydrogens (primary N) is 1. The Labute approximate surface area is 97.3 Å². The number of halogens is 1. The van der Waals surface area contributed by atoms with Crippen molar-refractivity contribution in [3.8, 4) is 0 Å². The Morgan fingerprint density at radius 3 is 2.38 bits per heavy atom. The van der Waals surface area contributed by atoms with E-state index in [1.165, 1.54) is 12.1 Å². The first-order chi connectivity index (χ1) is 7.77. The molecule has 1 aromatic rings. The highest BCUT2D eigenvalue weighted by Crippen LogP contribution is 2.15. The average molecular weight is 224 g/mol. The maximum Gasteiger partial charge on any atom is 0.123 e. The van der Waals surface area contributed by atoms with E-state index in [-0.39, 0.29) is 5.82 Å². The molecule has 0 fully saturated rings. The SMILES string of the molecule is CCN(CCCCCN)c1ccc(F)cc1. The zero-order valence-corrected chi connectivity index (χ0v) is 9.95. The first-order valence-corrected chi connectivity index (χ1v) is 5.98. The van der Waals surface area contributed by atoms with Crippen molar-refractivity contribution in [2.24, 2.45) is 5.73 Å². The molecule has 0 spiro atoms. The van der Waals surface area contributed by atoms with Crippen LogP contribution in [-0.2, 0) is 0 Å². The molecule has 0 radical (unpaired) electrons. The van der Waals surface area contributed by atoms with Crippen LogP contribution in [0, 0.1) is 5.82 Å². The van der Waals surface area contributed by atoms with Gasteiger partial charge >= 0.3 is 0 Å². The molecule has 0 bridgehead atoms. The summed E-state index contributed by atoms with van der Waals surface area (Å²) in [4.78, 5) is 2.26. The van der Waals surface area contributed by atoms with Crippen molar-refractivity contribution in [3.05, 3.63) is 30.1 Å². The van der Waals surface area contributed by atoms with Crippen LogP contribution in [-0.4, -0.2) is 19.6 Å². The van der Waals surface area contributed by atoms with Crippen LogP contribution in [0.2, 0.25) is 0 Å². The molecular weight excluding hydrogens is 203 g/mol. The monoisotopic (exact) mass is 224 g/mol. The van der Waals surface area contributed by atoms with Gasteiger partial charge in [0.05, 0.1) is 0 Å². The Morgan fingerprint density at radius 2 is 1.81 bits per heavy atom. The minimum atomic E-state index is -0.178. The van der Waals surface area contributed by atoms with E-state index in [0.29, 0.717) is 0 Å². The van der Waals surface area contributed by atoms with Crippen LogP contribution < -0.4 is 10.6 Å². The summed E-state index contributed by atoms with van der Waals surface area (Å²) in [5, 5.41) is 0. The molecule has 1 aromatic carbocycles. The molecule has 0 aliphatic carbocycles. The predicted octanol–water partition coefficient (Wildman–Crippen LogP) is 2.78. The molecule has 0 saturated heterocycles. The molecule has 0 aromatic heterocycles. The van der Waals surface area contributed by atoms with Crippen LogP contribution in [0.25, 0.3) is 0 Å². The lowest BCUT2D eigenvalue weighted by molar-refractivity contribution is 0.626. The van der Waals surface area contributed by atoms with Crippen molar-refractivity contribution < 1.29 is 4.39 Å². The van der Waals surface area contributed by atoms with Gasteiger partial charge in [0, 0.05) is 18.8 Å². The summed E-state index contributed by atoms with van der Waals surface area (Å²) in [6, 6.07) is 6.69. The van der Waals surface area contributed by atoms with Crippen molar-refractivity contribution in [3.63, 3.8) is 0 Å². The van der Waals surface area contributed by atoms with Crippen molar-refractivity contribution in [2.75, 3.05) is 24.5 Å². The zero-order chi connectivity index (χ0) is 11.8. The molecule has 0 atom stereocenters. The van der Waals surface area contributed by atoms with E-state index >= 15 is 0 Å². The normalized spacial score (nSPS) is 10.4. The summed E-state index contributed by atoms with van der Waals surface area (Å²) in [6.07, 6.45) is 3.39. The largest absolute Gasteiger partial charge is 0.372 e. The summed E-state index contributed by atoms with van der Waals surface area (Å²) in [5.41, 5.74) is 6.54. The van der Waals surface area contributed by atoms with Gasteiger partial charge in [0.25, 0.3) is 0 Å². The molecular formula is C13H21FN2. The van der Waals surface area contributed by atoms with Gasteiger partial charge in [0.1, 0.15) is 5.82 Å². The Hall–Kier alpha value is -1.09. The third kappa shape index (κ3) is 4.19. The minimum Gasteiger partial charge on any atom is -0.372 e. The van der Waals surface area contributed by atoms with Gasteiger partial charge in [0.15, 0.2) is 0 Å². The van der Waals surface area contributed by atoms with Gasteiger partial charge in [-0.05, 0) is 50.6 Å². The second-order valence-electron chi connectivity index (χ2n) is 3.91. The fourth-order valence-corrected chi connectivity index (χ4v) is 1.75. The van der Waals surface area contributed by atoms with E-state index < -0.39 is 0 Å². The summed E-state index contributed by atoms with van der Waals surface area (Å²) in [5.74, 6) is -0.178. The van der Waals surface area contributed by atoms with Gasteiger partial charge < -0.3 is 10.6 Å². The van der Waals surface area contributed by atoms with Crippen molar-refractivity contribution >= 4 is 5.69 Å². The fourth-order valence-electron chi connectivity index (χ4n) is 1.75. The first-order valence-electron chi connectivity index (χ1n) is 5.98. The van der Waals surface area contributed by atoms with Gasteiger partial charge in [-0.15, -0.1) is 0 Å².